The molecule has 1 aliphatic carbocycles. The Labute approximate surface area is 91.0 Å². The molecule has 84 valence electrons. The van der Waals surface area contributed by atoms with E-state index in [1.54, 1.807) is 0 Å². The number of nitrogens with one attached hydrogen (secondary N) is 1. The number of furan rings is 1. The molecule has 0 radical (unpaired) electrons. The summed E-state index contributed by atoms with van der Waals surface area (Å²) in [7, 11) is 0. The van der Waals surface area contributed by atoms with E-state index in [4.69, 9.17) is 10.2 Å². The van der Waals surface area contributed by atoms with E-state index >= 15 is 0 Å². The first-order chi connectivity index (χ1) is 7.38. The molecule has 1 aromatic rings. The van der Waals surface area contributed by atoms with Gasteiger partial charge in [-0.3, -0.25) is 0 Å². The summed E-state index contributed by atoms with van der Waals surface area (Å²) in [4.78, 5) is 0. The van der Waals surface area contributed by atoms with E-state index in [1.807, 2.05) is 12.1 Å². The van der Waals surface area contributed by atoms with Crippen LogP contribution in [0.4, 0.5) is 0 Å². The standard InChI is InChI=1S/C12H20N2O/c13-8-11-4-5-12(15-11)9-14-7-6-10-2-1-3-10/h4-5,10,14H,1-3,6-9,13H2. The smallest absolute Gasteiger partial charge is 0.118 e. The molecule has 0 spiro atoms. The summed E-state index contributed by atoms with van der Waals surface area (Å²) in [6.07, 6.45) is 5.60. The average molecular weight is 208 g/mol. The molecular formula is C12H20N2O. The van der Waals surface area contributed by atoms with Gasteiger partial charge < -0.3 is 15.5 Å². The molecule has 3 heteroatoms. The minimum Gasteiger partial charge on any atom is -0.463 e. The monoisotopic (exact) mass is 208 g/mol. The number of hydrogen-bond donors (Lipinski definition) is 2. The summed E-state index contributed by atoms with van der Waals surface area (Å²) in [5.41, 5.74) is 5.47. The Morgan fingerprint density at radius 2 is 2.13 bits per heavy atom. The topological polar surface area (TPSA) is 51.2 Å². The predicted molar refractivity (Wildman–Crippen MR) is 60.3 cm³/mol. The maximum Gasteiger partial charge on any atom is 0.118 e. The summed E-state index contributed by atoms with van der Waals surface area (Å²) in [5, 5.41) is 3.40. The fourth-order valence-corrected chi connectivity index (χ4v) is 1.93. The van der Waals surface area contributed by atoms with E-state index < -0.39 is 0 Å². The molecule has 2 rings (SSSR count). The second kappa shape index (κ2) is 5.33. The molecule has 1 heterocycles. The minimum atomic E-state index is 0.488. The molecule has 0 amide bonds. The van der Waals surface area contributed by atoms with Crippen molar-refractivity contribution in [3.8, 4) is 0 Å². The highest BCUT2D eigenvalue weighted by Gasteiger charge is 2.16. The van der Waals surface area contributed by atoms with Gasteiger partial charge in [0.1, 0.15) is 11.5 Å². The van der Waals surface area contributed by atoms with Crippen LogP contribution in [-0.2, 0) is 13.1 Å². The zero-order chi connectivity index (χ0) is 10.5. The first-order valence-electron chi connectivity index (χ1n) is 5.87. The summed E-state index contributed by atoms with van der Waals surface area (Å²) >= 11 is 0. The van der Waals surface area contributed by atoms with Crippen LogP contribution in [-0.4, -0.2) is 6.54 Å². The van der Waals surface area contributed by atoms with Gasteiger partial charge in [0.25, 0.3) is 0 Å². The molecule has 0 saturated heterocycles. The zero-order valence-corrected chi connectivity index (χ0v) is 9.17. The maximum absolute atomic E-state index is 5.49. The summed E-state index contributed by atoms with van der Waals surface area (Å²) < 4.78 is 5.49. The zero-order valence-electron chi connectivity index (χ0n) is 9.17. The molecule has 0 aliphatic heterocycles. The van der Waals surface area contributed by atoms with Gasteiger partial charge in [0.15, 0.2) is 0 Å². The van der Waals surface area contributed by atoms with E-state index in [1.165, 1.54) is 25.7 Å². The molecule has 1 aromatic heterocycles. The van der Waals surface area contributed by atoms with E-state index in [-0.39, 0.29) is 0 Å². The van der Waals surface area contributed by atoms with Gasteiger partial charge in [-0.15, -0.1) is 0 Å². The van der Waals surface area contributed by atoms with Crippen LogP contribution in [0, 0.1) is 5.92 Å². The fraction of sp³-hybridized carbons (Fsp3) is 0.667. The minimum absolute atomic E-state index is 0.488. The molecule has 1 aliphatic rings. The van der Waals surface area contributed by atoms with E-state index in [9.17, 15) is 0 Å². The van der Waals surface area contributed by atoms with Gasteiger partial charge in [0, 0.05) is 0 Å². The van der Waals surface area contributed by atoms with Crippen molar-refractivity contribution < 1.29 is 4.42 Å². The first kappa shape index (κ1) is 10.7. The van der Waals surface area contributed by atoms with Gasteiger partial charge in [0.2, 0.25) is 0 Å². The molecule has 0 bridgehead atoms. The fourth-order valence-electron chi connectivity index (χ4n) is 1.93. The number of rotatable bonds is 6. The maximum atomic E-state index is 5.49. The molecule has 1 fully saturated rings. The summed E-state index contributed by atoms with van der Waals surface area (Å²) in [6, 6.07) is 3.95. The van der Waals surface area contributed by atoms with Crippen LogP contribution in [0.25, 0.3) is 0 Å². The molecule has 15 heavy (non-hydrogen) atoms. The van der Waals surface area contributed by atoms with Gasteiger partial charge >= 0.3 is 0 Å². The van der Waals surface area contributed by atoms with Crippen LogP contribution in [0.3, 0.4) is 0 Å². The van der Waals surface area contributed by atoms with Crippen LogP contribution in [0.5, 0.6) is 0 Å². The van der Waals surface area contributed by atoms with Crippen LogP contribution in [0.2, 0.25) is 0 Å². The molecule has 0 aromatic carbocycles. The van der Waals surface area contributed by atoms with Crippen molar-refractivity contribution in [2.75, 3.05) is 6.54 Å². The molecule has 3 N–H and O–H groups in total. The van der Waals surface area contributed by atoms with Gasteiger partial charge in [-0.05, 0) is 31.0 Å². The van der Waals surface area contributed by atoms with E-state index in [2.05, 4.69) is 5.32 Å². The van der Waals surface area contributed by atoms with Crippen LogP contribution in [0.1, 0.15) is 37.2 Å². The van der Waals surface area contributed by atoms with Crippen molar-refractivity contribution in [3.05, 3.63) is 23.7 Å². The van der Waals surface area contributed by atoms with Gasteiger partial charge in [0.05, 0.1) is 13.1 Å². The third kappa shape index (κ3) is 3.08. The molecule has 3 nitrogen and oxygen atoms in total. The highest BCUT2D eigenvalue weighted by molar-refractivity contribution is 5.06. The largest absolute Gasteiger partial charge is 0.463 e. The predicted octanol–water partition coefficient (Wildman–Crippen LogP) is 2.02. The van der Waals surface area contributed by atoms with E-state index in [0.717, 1.165) is 30.5 Å². The van der Waals surface area contributed by atoms with E-state index in [0.29, 0.717) is 6.54 Å². The lowest BCUT2D eigenvalue weighted by atomic mass is 9.83. The van der Waals surface area contributed by atoms with Gasteiger partial charge in [-0.1, -0.05) is 19.3 Å². The van der Waals surface area contributed by atoms with Gasteiger partial charge in [-0.2, -0.15) is 0 Å². The third-order valence-electron chi connectivity index (χ3n) is 3.17. The van der Waals surface area contributed by atoms with Crippen molar-refractivity contribution in [2.24, 2.45) is 11.7 Å². The van der Waals surface area contributed by atoms with Gasteiger partial charge in [-0.25, -0.2) is 0 Å². The summed E-state index contributed by atoms with van der Waals surface area (Å²) in [5.74, 6) is 2.84. The van der Waals surface area contributed by atoms with Crippen molar-refractivity contribution in [3.63, 3.8) is 0 Å². The third-order valence-corrected chi connectivity index (χ3v) is 3.17. The molecule has 0 unspecified atom stereocenters. The molecule has 1 saturated carbocycles. The highest BCUT2D eigenvalue weighted by atomic mass is 16.3. The Morgan fingerprint density at radius 1 is 1.33 bits per heavy atom. The average Bonchev–Trinajstić information content (AvgIpc) is 2.62. The number of nitrogens with two attached hydrogens (primary N) is 1. The Kier molecular flexibility index (Phi) is 3.80. The highest BCUT2D eigenvalue weighted by Crippen LogP contribution is 2.28. The number of hydrogen-bond acceptors (Lipinski definition) is 3. The second-order valence-electron chi connectivity index (χ2n) is 4.33. The summed E-state index contributed by atoms with van der Waals surface area (Å²) in [6.45, 7) is 2.41. The second-order valence-corrected chi connectivity index (χ2v) is 4.33. The van der Waals surface area contributed by atoms with Crippen LogP contribution < -0.4 is 11.1 Å². The quantitative estimate of drug-likeness (QED) is 0.703. The van der Waals surface area contributed by atoms with Crippen LogP contribution in [0.15, 0.2) is 16.5 Å². The lowest BCUT2D eigenvalue weighted by Gasteiger charge is -2.25. The lowest BCUT2D eigenvalue weighted by Crippen LogP contribution is -2.20. The SMILES string of the molecule is NCc1ccc(CNCCC2CCC2)o1. The Balaban J connectivity index is 1.60. The Morgan fingerprint density at radius 3 is 2.73 bits per heavy atom. The molecular weight excluding hydrogens is 188 g/mol. The normalized spacial score (nSPS) is 16.6. The first-order valence-corrected chi connectivity index (χ1v) is 5.87. The lowest BCUT2D eigenvalue weighted by molar-refractivity contribution is 0.290. The van der Waals surface area contributed by atoms with Crippen molar-refractivity contribution in [2.45, 2.75) is 38.8 Å². The Bertz CT molecular complexity index is 292. The van der Waals surface area contributed by atoms with Crippen molar-refractivity contribution in [1.29, 1.82) is 0 Å². The molecule has 0 atom stereocenters. The van der Waals surface area contributed by atoms with Crippen molar-refractivity contribution >= 4 is 0 Å². The van der Waals surface area contributed by atoms with Crippen molar-refractivity contribution in [1.82, 2.24) is 5.32 Å². The van der Waals surface area contributed by atoms with Crippen LogP contribution >= 0.6 is 0 Å². The Hall–Kier alpha value is -0.800.